The van der Waals surface area contributed by atoms with Crippen LogP contribution in [0.4, 0.5) is 43.9 Å². The molecule has 1 aromatic rings. The van der Waals surface area contributed by atoms with Crippen LogP contribution in [0, 0.1) is 0 Å². The van der Waals surface area contributed by atoms with Crippen molar-refractivity contribution in [3.05, 3.63) is 30.0 Å². The molecule has 0 aliphatic carbocycles. The van der Waals surface area contributed by atoms with Gasteiger partial charge in [-0.3, -0.25) is 0 Å². The van der Waals surface area contributed by atoms with Crippen molar-refractivity contribution in [2.75, 3.05) is 0 Å². The molecular weight excluding hydrogens is 384 g/mol. The molecule has 3 nitrogen and oxygen atoms in total. The van der Waals surface area contributed by atoms with Crippen LogP contribution in [-0.2, 0) is 0 Å². The number of hydrogen-bond acceptors (Lipinski definition) is 3. The molecule has 1 aromatic heterocycles. The number of halogens is 10. The zero-order chi connectivity index (χ0) is 18.6. The van der Waals surface area contributed by atoms with Crippen molar-refractivity contribution in [3.8, 4) is 0 Å². The van der Waals surface area contributed by atoms with Crippen molar-refractivity contribution in [2.45, 2.75) is 23.3 Å². The highest BCUT2D eigenvalue weighted by Gasteiger charge is 2.78. The first-order valence-electron chi connectivity index (χ1n) is 5.60. The van der Waals surface area contributed by atoms with E-state index in [2.05, 4.69) is 10.1 Å². The second-order valence-corrected chi connectivity index (χ2v) is 5.47. The maximum Gasteiger partial charge on any atom is 0.444 e. The first-order valence-corrected chi connectivity index (χ1v) is 6.42. The van der Waals surface area contributed by atoms with Crippen molar-refractivity contribution in [1.82, 2.24) is 9.78 Å². The van der Waals surface area contributed by atoms with E-state index in [9.17, 15) is 43.9 Å². The number of thioether (sulfide) groups is 1. The Hall–Kier alpha value is -1.73. The first-order chi connectivity index (χ1) is 10.7. The van der Waals surface area contributed by atoms with Gasteiger partial charge in [0.1, 0.15) is 5.70 Å². The van der Waals surface area contributed by atoms with Gasteiger partial charge >= 0.3 is 18.5 Å². The van der Waals surface area contributed by atoms with Gasteiger partial charge in [-0.15, -0.1) is 0 Å². The Balaban J connectivity index is 2.80. The van der Waals surface area contributed by atoms with Gasteiger partial charge in [-0.05, 0) is 6.07 Å². The summed E-state index contributed by atoms with van der Waals surface area (Å²) in [6.07, 6.45) is -16.9. The van der Waals surface area contributed by atoms with Gasteiger partial charge in [-0.2, -0.15) is 49.0 Å². The van der Waals surface area contributed by atoms with E-state index in [1.165, 1.54) is 0 Å². The largest absolute Gasteiger partial charge is 0.444 e. The summed E-state index contributed by atoms with van der Waals surface area (Å²) in [5.41, 5.74) is -2.81. The molecule has 0 atom stereocenters. The molecular formula is C10H3F10N3S. The quantitative estimate of drug-likeness (QED) is 0.617. The molecule has 0 fully saturated rings. The third kappa shape index (κ3) is 2.75. The molecule has 134 valence electrons. The Morgan fingerprint density at radius 3 is 1.92 bits per heavy atom. The highest BCUT2D eigenvalue weighted by atomic mass is 32.2. The molecule has 24 heavy (non-hydrogen) atoms. The standard InChI is InChI=1S/C10H3F10N3S/c11-4(8(12,13)14)5-7(9(15,16)17,10(18,19)20)24-6(22-5)23-3-1-2-21-23/h1-3H/b5-4+. The topological polar surface area (TPSA) is 30.2 Å². The average Bonchev–Trinajstić information content (AvgIpc) is 3.02. The van der Waals surface area contributed by atoms with Crippen LogP contribution in [-0.4, -0.2) is 38.2 Å². The predicted octanol–water partition coefficient (Wildman–Crippen LogP) is 4.44. The predicted molar refractivity (Wildman–Crippen MR) is 61.7 cm³/mol. The van der Waals surface area contributed by atoms with Crippen LogP contribution in [0.15, 0.2) is 35.0 Å². The van der Waals surface area contributed by atoms with Crippen molar-refractivity contribution in [1.29, 1.82) is 0 Å². The lowest BCUT2D eigenvalue weighted by Gasteiger charge is -2.33. The molecule has 0 saturated heterocycles. The van der Waals surface area contributed by atoms with E-state index in [0.717, 1.165) is 18.5 Å². The van der Waals surface area contributed by atoms with E-state index in [4.69, 9.17) is 0 Å². The van der Waals surface area contributed by atoms with Gasteiger partial charge in [0.15, 0.2) is 5.17 Å². The molecule has 1 aliphatic heterocycles. The third-order valence-electron chi connectivity index (χ3n) is 2.74. The summed E-state index contributed by atoms with van der Waals surface area (Å²) in [7, 11) is 0. The normalized spacial score (nSPS) is 21.0. The molecule has 0 N–H and O–H groups in total. The van der Waals surface area contributed by atoms with Crippen LogP contribution in [0.25, 0.3) is 0 Å². The van der Waals surface area contributed by atoms with Crippen LogP contribution in [0.5, 0.6) is 0 Å². The van der Waals surface area contributed by atoms with E-state index in [0.29, 0.717) is 4.68 Å². The minimum atomic E-state index is -6.31. The van der Waals surface area contributed by atoms with Crippen LogP contribution in [0.2, 0.25) is 0 Å². The number of rotatable bonds is 0. The fourth-order valence-electron chi connectivity index (χ4n) is 1.75. The van der Waals surface area contributed by atoms with Crippen LogP contribution < -0.4 is 0 Å². The molecule has 0 aromatic carbocycles. The summed E-state index contributed by atoms with van der Waals surface area (Å²) in [5, 5.41) is 2.08. The van der Waals surface area contributed by atoms with Crippen LogP contribution in [0.1, 0.15) is 0 Å². The molecule has 0 bridgehead atoms. The number of hydrogen-bond donors (Lipinski definition) is 0. The zero-order valence-electron chi connectivity index (χ0n) is 10.8. The van der Waals surface area contributed by atoms with Gasteiger partial charge in [0, 0.05) is 12.4 Å². The summed E-state index contributed by atoms with van der Waals surface area (Å²) in [4.78, 5) is 2.61. The Labute approximate surface area is 130 Å². The van der Waals surface area contributed by atoms with Crippen molar-refractivity contribution in [2.24, 2.45) is 4.99 Å². The summed E-state index contributed by atoms with van der Waals surface area (Å²) < 4.78 is 124. The molecule has 0 unspecified atom stereocenters. The highest BCUT2D eigenvalue weighted by molar-refractivity contribution is 8.15. The Kier molecular flexibility index (Phi) is 4.18. The number of aliphatic imine (C=N–C) groups is 1. The van der Waals surface area contributed by atoms with Crippen molar-refractivity contribution >= 4 is 16.9 Å². The maximum atomic E-state index is 13.4. The number of alkyl halides is 9. The van der Waals surface area contributed by atoms with Crippen molar-refractivity contribution in [3.63, 3.8) is 0 Å². The molecule has 0 saturated carbocycles. The minimum Gasteiger partial charge on any atom is -0.222 e. The maximum absolute atomic E-state index is 13.4. The fourth-order valence-corrected chi connectivity index (χ4v) is 2.82. The second kappa shape index (κ2) is 5.39. The van der Waals surface area contributed by atoms with Gasteiger partial charge in [-0.1, -0.05) is 11.8 Å². The number of allylic oxidation sites excluding steroid dienone is 1. The van der Waals surface area contributed by atoms with Gasteiger partial charge in [0.2, 0.25) is 5.83 Å². The van der Waals surface area contributed by atoms with Gasteiger partial charge < -0.3 is 0 Å². The second-order valence-electron chi connectivity index (χ2n) is 4.28. The van der Waals surface area contributed by atoms with Gasteiger partial charge in [-0.25, -0.2) is 9.67 Å². The zero-order valence-corrected chi connectivity index (χ0v) is 11.6. The van der Waals surface area contributed by atoms with Crippen LogP contribution in [0.3, 0.4) is 0 Å². The summed E-state index contributed by atoms with van der Waals surface area (Å²) in [5.74, 6) is -3.58. The average molecular weight is 387 g/mol. The molecule has 2 heterocycles. The number of aromatic nitrogens is 2. The molecule has 0 spiro atoms. The molecule has 2 rings (SSSR count). The monoisotopic (exact) mass is 387 g/mol. The lowest BCUT2D eigenvalue weighted by atomic mass is 10.0. The van der Waals surface area contributed by atoms with Gasteiger partial charge in [0.25, 0.3) is 4.75 Å². The minimum absolute atomic E-state index is 0.369. The Morgan fingerprint density at radius 2 is 1.54 bits per heavy atom. The van der Waals surface area contributed by atoms with E-state index in [1.54, 1.807) is 0 Å². The molecule has 0 radical (unpaired) electrons. The molecule has 0 amide bonds. The lowest BCUT2D eigenvalue weighted by molar-refractivity contribution is -0.253. The summed E-state index contributed by atoms with van der Waals surface area (Å²) in [6, 6.07) is 1.08. The lowest BCUT2D eigenvalue weighted by Crippen LogP contribution is -2.54. The van der Waals surface area contributed by atoms with E-state index >= 15 is 0 Å². The number of nitrogens with zero attached hydrogens (tertiary/aromatic N) is 3. The SMILES string of the molecule is F/C(=C1/N=C(n2cccn2)SC1(C(F)(F)F)C(F)(F)F)C(F)(F)F. The Morgan fingerprint density at radius 1 is 1.00 bits per heavy atom. The van der Waals surface area contributed by atoms with E-state index < -0.39 is 51.7 Å². The highest BCUT2D eigenvalue weighted by Crippen LogP contribution is 2.61. The van der Waals surface area contributed by atoms with E-state index in [1.807, 2.05) is 0 Å². The third-order valence-corrected chi connectivity index (χ3v) is 4.16. The summed E-state index contributed by atoms with van der Waals surface area (Å²) >= 11 is -1.12. The van der Waals surface area contributed by atoms with Crippen molar-refractivity contribution < 1.29 is 43.9 Å². The summed E-state index contributed by atoms with van der Waals surface area (Å²) in [6.45, 7) is 0. The first kappa shape index (κ1) is 18.6. The molecule has 14 heteroatoms. The fraction of sp³-hybridized carbons (Fsp3) is 0.400. The van der Waals surface area contributed by atoms with Gasteiger partial charge in [0.05, 0.1) is 0 Å². The van der Waals surface area contributed by atoms with E-state index in [-0.39, 0.29) is 0 Å². The molecule has 1 aliphatic rings. The Bertz CT molecular complexity index is 665. The van der Waals surface area contributed by atoms with Crippen LogP contribution >= 0.6 is 11.8 Å². The smallest absolute Gasteiger partial charge is 0.222 e.